The van der Waals surface area contributed by atoms with Crippen LogP contribution >= 0.6 is 0 Å². The molecule has 2 rings (SSSR count). The van der Waals surface area contributed by atoms with E-state index in [0.717, 1.165) is 17.9 Å². The summed E-state index contributed by atoms with van der Waals surface area (Å²) in [6, 6.07) is 1.49. The first-order valence-corrected chi connectivity index (χ1v) is 7.83. The largest absolute Gasteiger partial charge is 0.311 e. The fourth-order valence-electron chi connectivity index (χ4n) is 3.89. The third-order valence-electron chi connectivity index (χ3n) is 4.92. The molecule has 1 N–H and O–H groups in total. The highest BCUT2D eigenvalue weighted by molar-refractivity contribution is 4.91. The molecule has 0 aromatic heterocycles. The van der Waals surface area contributed by atoms with Gasteiger partial charge in [-0.15, -0.1) is 0 Å². The van der Waals surface area contributed by atoms with Crippen molar-refractivity contribution in [3.63, 3.8) is 0 Å². The zero-order chi connectivity index (χ0) is 13.3. The van der Waals surface area contributed by atoms with Gasteiger partial charge in [0, 0.05) is 31.7 Å². The molecule has 1 aliphatic carbocycles. The molecule has 1 aliphatic heterocycles. The second-order valence-corrected chi connectivity index (χ2v) is 7.94. The van der Waals surface area contributed by atoms with Crippen molar-refractivity contribution in [2.24, 2.45) is 17.3 Å². The maximum Gasteiger partial charge on any atom is 0.0244 e. The van der Waals surface area contributed by atoms with E-state index in [9.17, 15) is 0 Å². The zero-order valence-corrected chi connectivity index (χ0v) is 13.0. The second kappa shape index (κ2) is 5.50. The molecule has 18 heavy (non-hydrogen) atoms. The molecule has 1 heterocycles. The predicted molar refractivity (Wildman–Crippen MR) is 78.8 cm³/mol. The number of nitrogens with one attached hydrogen (secondary N) is 1. The van der Waals surface area contributed by atoms with Crippen LogP contribution < -0.4 is 5.32 Å². The molecule has 3 unspecified atom stereocenters. The lowest BCUT2D eigenvalue weighted by atomic mass is 9.78. The highest BCUT2D eigenvalue weighted by Gasteiger charge is 2.34. The van der Waals surface area contributed by atoms with Crippen molar-refractivity contribution < 1.29 is 0 Å². The standard InChI is InChI=1S/C16H32N2/c1-12-8-13(2)10-14(9-12)18-7-6-17-15(11-18)16(3,4)5/h12-15,17H,6-11H2,1-5H3. The molecular formula is C16H32N2. The van der Waals surface area contributed by atoms with Crippen LogP contribution in [0.3, 0.4) is 0 Å². The van der Waals surface area contributed by atoms with Gasteiger partial charge in [0.15, 0.2) is 0 Å². The van der Waals surface area contributed by atoms with Gasteiger partial charge in [-0.05, 0) is 36.5 Å². The van der Waals surface area contributed by atoms with Crippen molar-refractivity contribution in [2.75, 3.05) is 19.6 Å². The van der Waals surface area contributed by atoms with E-state index in [4.69, 9.17) is 0 Å². The maximum absolute atomic E-state index is 3.71. The Morgan fingerprint density at radius 1 is 1.00 bits per heavy atom. The van der Waals surface area contributed by atoms with Gasteiger partial charge < -0.3 is 5.32 Å². The van der Waals surface area contributed by atoms with E-state index >= 15 is 0 Å². The zero-order valence-electron chi connectivity index (χ0n) is 13.0. The van der Waals surface area contributed by atoms with Crippen LogP contribution in [0.4, 0.5) is 0 Å². The van der Waals surface area contributed by atoms with Gasteiger partial charge >= 0.3 is 0 Å². The minimum absolute atomic E-state index is 0.380. The molecule has 0 spiro atoms. The van der Waals surface area contributed by atoms with Crippen molar-refractivity contribution in [2.45, 2.75) is 66.0 Å². The van der Waals surface area contributed by atoms with E-state index in [1.807, 2.05) is 0 Å². The quantitative estimate of drug-likeness (QED) is 0.771. The maximum atomic E-state index is 3.71. The summed E-state index contributed by atoms with van der Waals surface area (Å²) < 4.78 is 0. The predicted octanol–water partition coefficient (Wildman–Crippen LogP) is 3.13. The normalized spacial score (nSPS) is 39.8. The second-order valence-electron chi connectivity index (χ2n) is 7.94. The van der Waals surface area contributed by atoms with E-state index in [0.29, 0.717) is 11.5 Å². The summed E-state index contributed by atoms with van der Waals surface area (Å²) in [7, 11) is 0. The van der Waals surface area contributed by atoms with Crippen LogP contribution in [0.2, 0.25) is 0 Å². The molecule has 0 aromatic rings. The molecule has 1 saturated carbocycles. The average molecular weight is 252 g/mol. The van der Waals surface area contributed by atoms with E-state index in [1.165, 1.54) is 38.9 Å². The summed E-state index contributed by atoms with van der Waals surface area (Å²) in [5.74, 6) is 1.84. The van der Waals surface area contributed by atoms with Crippen LogP contribution in [0.15, 0.2) is 0 Å². The third-order valence-corrected chi connectivity index (χ3v) is 4.92. The van der Waals surface area contributed by atoms with E-state index in [2.05, 4.69) is 44.8 Å². The van der Waals surface area contributed by atoms with Crippen molar-refractivity contribution in [3.8, 4) is 0 Å². The third kappa shape index (κ3) is 3.48. The van der Waals surface area contributed by atoms with Crippen molar-refractivity contribution >= 4 is 0 Å². The van der Waals surface area contributed by atoms with Crippen LogP contribution in [0, 0.1) is 17.3 Å². The highest BCUT2D eigenvalue weighted by atomic mass is 15.2. The molecule has 2 fully saturated rings. The first-order valence-electron chi connectivity index (χ1n) is 7.83. The van der Waals surface area contributed by atoms with Crippen molar-refractivity contribution in [1.29, 1.82) is 0 Å². The molecule has 2 nitrogen and oxygen atoms in total. The molecule has 2 heteroatoms. The van der Waals surface area contributed by atoms with Gasteiger partial charge in [0.05, 0.1) is 0 Å². The minimum Gasteiger partial charge on any atom is -0.311 e. The van der Waals surface area contributed by atoms with Gasteiger partial charge in [-0.3, -0.25) is 4.90 Å². The Bertz CT molecular complexity index is 259. The highest BCUT2D eigenvalue weighted by Crippen LogP contribution is 2.33. The number of piperazine rings is 1. The molecule has 0 radical (unpaired) electrons. The molecule has 3 atom stereocenters. The molecule has 0 aromatic carbocycles. The summed E-state index contributed by atoms with van der Waals surface area (Å²) in [6.07, 6.45) is 4.27. The summed E-state index contributed by atoms with van der Waals surface area (Å²) in [6.45, 7) is 15.6. The first-order chi connectivity index (χ1) is 8.36. The van der Waals surface area contributed by atoms with Crippen LogP contribution in [0.1, 0.15) is 53.9 Å². The molecule has 1 saturated heterocycles. The summed E-state index contributed by atoms with van der Waals surface area (Å²) >= 11 is 0. The Hall–Kier alpha value is -0.0800. The number of hydrogen-bond donors (Lipinski definition) is 1. The lowest BCUT2D eigenvalue weighted by molar-refractivity contribution is 0.0574. The Morgan fingerprint density at radius 3 is 2.17 bits per heavy atom. The molecule has 2 aliphatic rings. The van der Waals surface area contributed by atoms with E-state index in [-0.39, 0.29) is 0 Å². The average Bonchev–Trinajstić information content (AvgIpc) is 2.27. The van der Waals surface area contributed by atoms with E-state index < -0.39 is 0 Å². The Balaban J connectivity index is 1.96. The van der Waals surface area contributed by atoms with Crippen molar-refractivity contribution in [3.05, 3.63) is 0 Å². The fourth-order valence-corrected chi connectivity index (χ4v) is 3.89. The Labute approximate surface area is 114 Å². The van der Waals surface area contributed by atoms with Crippen LogP contribution in [0.25, 0.3) is 0 Å². The van der Waals surface area contributed by atoms with Gasteiger partial charge in [-0.2, -0.15) is 0 Å². The van der Waals surface area contributed by atoms with Crippen LogP contribution in [-0.2, 0) is 0 Å². The summed E-state index contributed by atoms with van der Waals surface area (Å²) in [5.41, 5.74) is 0.380. The first kappa shape index (κ1) is 14.3. The monoisotopic (exact) mass is 252 g/mol. The fraction of sp³-hybridized carbons (Fsp3) is 1.00. The molecular weight excluding hydrogens is 220 g/mol. The Morgan fingerprint density at radius 2 is 1.61 bits per heavy atom. The van der Waals surface area contributed by atoms with Crippen LogP contribution in [0.5, 0.6) is 0 Å². The topological polar surface area (TPSA) is 15.3 Å². The lowest BCUT2D eigenvalue weighted by Gasteiger charge is -2.46. The van der Waals surface area contributed by atoms with Crippen molar-refractivity contribution in [1.82, 2.24) is 10.2 Å². The van der Waals surface area contributed by atoms with E-state index in [1.54, 1.807) is 0 Å². The van der Waals surface area contributed by atoms with Gasteiger partial charge in [0.1, 0.15) is 0 Å². The molecule has 0 bridgehead atoms. The lowest BCUT2D eigenvalue weighted by Crippen LogP contribution is -2.58. The van der Waals surface area contributed by atoms with Crippen LogP contribution in [-0.4, -0.2) is 36.6 Å². The van der Waals surface area contributed by atoms with Gasteiger partial charge in [0.25, 0.3) is 0 Å². The Kier molecular flexibility index (Phi) is 4.38. The SMILES string of the molecule is CC1CC(C)CC(N2CCNC(C(C)(C)C)C2)C1. The summed E-state index contributed by atoms with van der Waals surface area (Å²) in [4.78, 5) is 2.78. The number of rotatable bonds is 1. The smallest absolute Gasteiger partial charge is 0.0244 e. The van der Waals surface area contributed by atoms with Gasteiger partial charge in [-0.25, -0.2) is 0 Å². The minimum atomic E-state index is 0.380. The molecule has 0 amide bonds. The number of hydrogen-bond acceptors (Lipinski definition) is 2. The van der Waals surface area contributed by atoms with Gasteiger partial charge in [0.2, 0.25) is 0 Å². The number of nitrogens with zero attached hydrogens (tertiary/aromatic N) is 1. The summed E-state index contributed by atoms with van der Waals surface area (Å²) in [5, 5.41) is 3.71. The molecule has 106 valence electrons. The van der Waals surface area contributed by atoms with Gasteiger partial charge in [-0.1, -0.05) is 34.6 Å².